The van der Waals surface area contributed by atoms with Crippen LogP contribution in [0.3, 0.4) is 0 Å². The van der Waals surface area contributed by atoms with Crippen molar-refractivity contribution in [2.75, 3.05) is 12.4 Å². The molecule has 1 N–H and O–H groups in total. The second kappa shape index (κ2) is 8.72. The second-order valence-electron chi connectivity index (χ2n) is 6.51. The second-order valence-corrected chi connectivity index (χ2v) is 6.51. The van der Waals surface area contributed by atoms with Gasteiger partial charge in [0.05, 0.1) is 11.4 Å². The molecule has 2 aromatic rings. The molecule has 0 aliphatic carbocycles. The number of anilines is 1. The fourth-order valence-corrected chi connectivity index (χ4v) is 3.02. The maximum Gasteiger partial charge on any atom is 0.133 e. The predicted molar refractivity (Wildman–Crippen MR) is 105 cm³/mol. The van der Waals surface area contributed by atoms with Gasteiger partial charge in [-0.3, -0.25) is 0 Å². The summed E-state index contributed by atoms with van der Waals surface area (Å²) in [5.74, 6) is 1.83. The van der Waals surface area contributed by atoms with Gasteiger partial charge in [0.2, 0.25) is 0 Å². The van der Waals surface area contributed by atoms with E-state index in [9.17, 15) is 0 Å². The van der Waals surface area contributed by atoms with Crippen LogP contribution in [0.1, 0.15) is 57.7 Å². The van der Waals surface area contributed by atoms with E-state index < -0.39 is 0 Å². The third kappa shape index (κ3) is 4.08. The highest BCUT2D eigenvalue weighted by Crippen LogP contribution is 2.31. The summed E-state index contributed by atoms with van der Waals surface area (Å²) in [5, 5.41) is 8.29. The van der Waals surface area contributed by atoms with Crippen LogP contribution in [0.25, 0.3) is 11.3 Å². The van der Waals surface area contributed by atoms with Crippen LogP contribution in [0.15, 0.2) is 36.4 Å². The number of hydrogen-bond acceptors (Lipinski definition) is 2. The summed E-state index contributed by atoms with van der Waals surface area (Å²) in [6, 6.07) is 10.3. The maximum absolute atomic E-state index is 4.96. The van der Waals surface area contributed by atoms with E-state index in [-0.39, 0.29) is 0 Å². The van der Waals surface area contributed by atoms with Gasteiger partial charge < -0.3 is 5.32 Å². The Morgan fingerprint density at radius 2 is 1.96 bits per heavy atom. The molecule has 0 radical (unpaired) electrons. The Hall–Kier alpha value is -2.03. The van der Waals surface area contributed by atoms with Gasteiger partial charge in [0, 0.05) is 12.6 Å². The van der Waals surface area contributed by atoms with Crippen LogP contribution in [0, 0.1) is 12.8 Å². The Balaban J connectivity index is 2.41. The van der Waals surface area contributed by atoms with Gasteiger partial charge in [-0.05, 0) is 49.8 Å². The molecule has 0 fully saturated rings. The number of benzene rings is 1. The predicted octanol–water partition coefficient (Wildman–Crippen LogP) is 5.84. The number of allylic oxidation sites excluding steroid dienone is 2. The van der Waals surface area contributed by atoms with Crippen LogP contribution in [-0.4, -0.2) is 16.8 Å². The zero-order chi connectivity index (χ0) is 17.5. The Morgan fingerprint density at radius 3 is 2.54 bits per heavy atom. The minimum absolute atomic E-state index is 0.755. The van der Waals surface area contributed by atoms with Crippen molar-refractivity contribution in [3.8, 4) is 5.69 Å². The fourth-order valence-electron chi connectivity index (χ4n) is 3.02. The first kappa shape index (κ1) is 18.3. The lowest BCUT2D eigenvalue weighted by atomic mass is 9.95. The molecule has 3 heteroatoms. The molecule has 0 saturated heterocycles. The molecule has 1 aromatic carbocycles. The molecule has 1 atom stereocenters. The summed E-state index contributed by atoms with van der Waals surface area (Å²) in [6.07, 6.45) is 6.93. The first-order valence-corrected chi connectivity index (χ1v) is 9.14. The molecule has 0 aliphatic rings. The Bertz CT molecular complexity index is 668. The number of rotatable bonds is 8. The lowest BCUT2D eigenvalue weighted by Crippen LogP contribution is -2.02. The summed E-state index contributed by atoms with van der Waals surface area (Å²) < 4.78 is 2.03. The molecule has 24 heavy (non-hydrogen) atoms. The van der Waals surface area contributed by atoms with Gasteiger partial charge in [-0.15, -0.1) is 0 Å². The lowest BCUT2D eigenvalue weighted by molar-refractivity contribution is 0.524. The largest absolute Gasteiger partial charge is 0.373 e. The molecular weight excluding hydrogens is 294 g/mol. The smallest absolute Gasteiger partial charge is 0.133 e. The zero-order valence-corrected chi connectivity index (χ0v) is 15.8. The SMILES string of the molecule is CC/C=C(\CCC(C)CC)c1nn(-c2ccccc2)c(NC)c1C. The van der Waals surface area contributed by atoms with Gasteiger partial charge in [0.1, 0.15) is 5.82 Å². The van der Waals surface area contributed by atoms with Crippen LogP contribution < -0.4 is 5.32 Å². The van der Waals surface area contributed by atoms with Gasteiger partial charge in [-0.2, -0.15) is 5.10 Å². The Labute approximate surface area is 146 Å². The van der Waals surface area contributed by atoms with Crippen LogP contribution in [0.4, 0.5) is 5.82 Å². The molecule has 0 amide bonds. The van der Waals surface area contributed by atoms with Crippen molar-refractivity contribution < 1.29 is 0 Å². The molecule has 0 spiro atoms. The third-order valence-corrected chi connectivity index (χ3v) is 4.72. The number of para-hydroxylation sites is 1. The molecule has 1 unspecified atom stereocenters. The van der Waals surface area contributed by atoms with Crippen LogP contribution in [0.2, 0.25) is 0 Å². The van der Waals surface area contributed by atoms with E-state index in [2.05, 4.69) is 63.4 Å². The standard InChI is InChI=1S/C21H31N3/c1-6-11-18(15-14-16(3)7-2)20-17(4)21(22-5)24(23-20)19-12-9-8-10-13-19/h8-13,16,22H,6-7,14-15H2,1-5H3/b18-11+. The van der Waals surface area contributed by atoms with E-state index in [1.54, 1.807) is 0 Å². The lowest BCUT2D eigenvalue weighted by Gasteiger charge is -2.10. The molecule has 0 aliphatic heterocycles. The normalized spacial score (nSPS) is 13.1. The van der Waals surface area contributed by atoms with E-state index in [1.165, 1.54) is 24.0 Å². The Kier molecular flexibility index (Phi) is 6.65. The van der Waals surface area contributed by atoms with Gasteiger partial charge in [-0.1, -0.05) is 51.5 Å². The number of nitrogens with zero attached hydrogens (tertiary/aromatic N) is 2. The van der Waals surface area contributed by atoms with Crippen molar-refractivity contribution in [2.45, 2.75) is 53.4 Å². The fraction of sp³-hybridized carbons (Fsp3) is 0.476. The van der Waals surface area contributed by atoms with E-state index in [1.807, 2.05) is 17.8 Å². The van der Waals surface area contributed by atoms with E-state index in [0.717, 1.165) is 36.0 Å². The van der Waals surface area contributed by atoms with Gasteiger partial charge in [-0.25, -0.2) is 4.68 Å². The average Bonchev–Trinajstić information content (AvgIpc) is 2.95. The molecule has 1 heterocycles. The molecule has 130 valence electrons. The summed E-state index contributed by atoms with van der Waals surface area (Å²) in [7, 11) is 1.97. The highest BCUT2D eigenvalue weighted by atomic mass is 15.3. The highest BCUT2D eigenvalue weighted by molar-refractivity contribution is 5.70. The molecule has 2 rings (SSSR count). The summed E-state index contributed by atoms with van der Waals surface area (Å²) in [6.45, 7) is 8.96. The van der Waals surface area contributed by atoms with E-state index >= 15 is 0 Å². The van der Waals surface area contributed by atoms with Crippen molar-refractivity contribution in [1.82, 2.24) is 9.78 Å². The third-order valence-electron chi connectivity index (χ3n) is 4.72. The van der Waals surface area contributed by atoms with Crippen molar-refractivity contribution >= 4 is 11.4 Å². The van der Waals surface area contributed by atoms with Crippen LogP contribution >= 0.6 is 0 Å². The quantitative estimate of drug-likeness (QED) is 0.660. The molecule has 3 nitrogen and oxygen atoms in total. The summed E-state index contributed by atoms with van der Waals surface area (Å²) in [5.41, 5.74) is 4.83. The maximum atomic E-state index is 4.96. The Morgan fingerprint density at radius 1 is 1.25 bits per heavy atom. The molecule has 1 aromatic heterocycles. The van der Waals surface area contributed by atoms with E-state index in [4.69, 9.17) is 5.10 Å². The summed E-state index contributed by atoms with van der Waals surface area (Å²) in [4.78, 5) is 0. The van der Waals surface area contributed by atoms with Crippen molar-refractivity contribution in [2.24, 2.45) is 5.92 Å². The minimum atomic E-state index is 0.755. The van der Waals surface area contributed by atoms with E-state index in [0.29, 0.717) is 0 Å². The number of nitrogens with one attached hydrogen (secondary N) is 1. The number of hydrogen-bond donors (Lipinski definition) is 1. The van der Waals surface area contributed by atoms with Gasteiger partial charge in [0.15, 0.2) is 0 Å². The first-order chi connectivity index (χ1) is 11.6. The average molecular weight is 326 g/mol. The van der Waals surface area contributed by atoms with Crippen molar-refractivity contribution in [3.63, 3.8) is 0 Å². The summed E-state index contributed by atoms with van der Waals surface area (Å²) >= 11 is 0. The van der Waals surface area contributed by atoms with Crippen molar-refractivity contribution in [3.05, 3.63) is 47.7 Å². The molecule has 0 saturated carbocycles. The molecule has 0 bridgehead atoms. The highest BCUT2D eigenvalue weighted by Gasteiger charge is 2.17. The number of aromatic nitrogens is 2. The first-order valence-electron chi connectivity index (χ1n) is 9.14. The monoisotopic (exact) mass is 325 g/mol. The molecular formula is C21H31N3. The van der Waals surface area contributed by atoms with Crippen LogP contribution in [-0.2, 0) is 0 Å². The van der Waals surface area contributed by atoms with Crippen LogP contribution in [0.5, 0.6) is 0 Å². The van der Waals surface area contributed by atoms with Gasteiger partial charge in [0.25, 0.3) is 0 Å². The van der Waals surface area contributed by atoms with Gasteiger partial charge >= 0.3 is 0 Å². The minimum Gasteiger partial charge on any atom is -0.373 e. The zero-order valence-electron chi connectivity index (χ0n) is 15.8. The topological polar surface area (TPSA) is 29.9 Å². The van der Waals surface area contributed by atoms with Crippen molar-refractivity contribution in [1.29, 1.82) is 0 Å².